The molecule has 0 aliphatic heterocycles. The summed E-state index contributed by atoms with van der Waals surface area (Å²) < 4.78 is 0. The van der Waals surface area contributed by atoms with Crippen LogP contribution in [0.1, 0.15) is 36.2 Å². The Morgan fingerprint density at radius 1 is 1.05 bits per heavy atom. The van der Waals surface area contributed by atoms with E-state index in [4.69, 9.17) is 5.11 Å². The van der Waals surface area contributed by atoms with E-state index in [9.17, 15) is 9.59 Å². The third-order valence-electron chi connectivity index (χ3n) is 3.18. The first-order valence-corrected chi connectivity index (χ1v) is 7.02. The Labute approximate surface area is 123 Å². The number of aromatic nitrogens is 1. The highest BCUT2D eigenvalue weighted by molar-refractivity contribution is 5.94. The summed E-state index contributed by atoms with van der Waals surface area (Å²) in [5.41, 5.74) is 1.20. The molecule has 1 heterocycles. The van der Waals surface area contributed by atoms with Gasteiger partial charge in [-0.3, -0.25) is 9.59 Å². The van der Waals surface area contributed by atoms with E-state index in [2.05, 4.69) is 10.3 Å². The number of unbranched alkanes of at least 4 members (excludes halogenated alkanes) is 2. The van der Waals surface area contributed by atoms with Crippen LogP contribution in [0, 0.1) is 0 Å². The van der Waals surface area contributed by atoms with Gasteiger partial charge in [-0.05, 0) is 25.0 Å². The molecule has 1 amide bonds. The number of carboxylic acid groups (broad SMARTS) is 1. The van der Waals surface area contributed by atoms with Crippen molar-refractivity contribution in [1.82, 2.24) is 10.3 Å². The number of amides is 1. The monoisotopic (exact) mass is 286 g/mol. The SMILES string of the molecule is O=C(O)CCCCCNC(=O)c1ccc2ccccc2n1. The van der Waals surface area contributed by atoms with Crippen molar-refractivity contribution in [3.63, 3.8) is 0 Å². The lowest BCUT2D eigenvalue weighted by Crippen LogP contribution is -2.25. The normalized spacial score (nSPS) is 10.5. The lowest BCUT2D eigenvalue weighted by atomic mass is 10.2. The lowest BCUT2D eigenvalue weighted by molar-refractivity contribution is -0.137. The zero-order chi connectivity index (χ0) is 15.1. The third kappa shape index (κ3) is 4.56. The van der Waals surface area contributed by atoms with Crippen molar-refractivity contribution in [3.05, 3.63) is 42.1 Å². The maximum atomic E-state index is 12.0. The molecule has 0 aliphatic carbocycles. The second kappa shape index (κ2) is 7.38. The minimum absolute atomic E-state index is 0.181. The second-order valence-electron chi connectivity index (χ2n) is 4.85. The van der Waals surface area contributed by atoms with Gasteiger partial charge in [-0.2, -0.15) is 0 Å². The van der Waals surface area contributed by atoms with E-state index in [1.165, 1.54) is 0 Å². The first kappa shape index (κ1) is 15.0. The molecule has 2 N–H and O–H groups in total. The van der Waals surface area contributed by atoms with Crippen molar-refractivity contribution in [3.8, 4) is 0 Å². The van der Waals surface area contributed by atoms with Gasteiger partial charge in [-0.15, -0.1) is 0 Å². The predicted molar refractivity (Wildman–Crippen MR) is 80.2 cm³/mol. The van der Waals surface area contributed by atoms with E-state index >= 15 is 0 Å². The van der Waals surface area contributed by atoms with Gasteiger partial charge in [0, 0.05) is 18.4 Å². The number of fused-ring (bicyclic) bond motifs is 1. The average molecular weight is 286 g/mol. The maximum Gasteiger partial charge on any atom is 0.303 e. The highest BCUT2D eigenvalue weighted by Crippen LogP contribution is 2.11. The first-order chi connectivity index (χ1) is 10.2. The second-order valence-corrected chi connectivity index (χ2v) is 4.85. The summed E-state index contributed by atoms with van der Waals surface area (Å²) in [5.74, 6) is -0.974. The van der Waals surface area contributed by atoms with Crippen LogP contribution in [0.3, 0.4) is 0 Å². The largest absolute Gasteiger partial charge is 0.481 e. The van der Waals surface area contributed by atoms with Crippen molar-refractivity contribution in [2.24, 2.45) is 0 Å². The Kier molecular flexibility index (Phi) is 5.26. The highest BCUT2D eigenvalue weighted by atomic mass is 16.4. The fourth-order valence-corrected chi connectivity index (χ4v) is 2.06. The van der Waals surface area contributed by atoms with Gasteiger partial charge in [-0.25, -0.2) is 4.98 Å². The van der Waals surface area contributed by atoms with Crippen molar-refractivity contribution in [2.75, 3.05) is 6.54 Å². The summed E-state index contributed by atoms with van der Waals surface area (Å²) >= 11 is 0. The molecule has 0 saturated carbocycles. The van der Waals surface area contributed by atoms with Crippen LogP contribution in [-0.4, -0.2) is 28.5 Å². The van der Waals surface area contributed by atoms with Gasteiger partial charge in [0.05, 0.1) is 5.52 Å². The van der Waals surface area contributed by atoms with Crippen molar-refractivity contribution in [2.45, 2.75) is 25.7 Å². The fraction of sp³-hybridized carbons (Fsp3) is 0.312. The zero-order valence-electron chi connectivity index (χ0n) is 11.7. The maximum absolute atomic E-state index is 12.0. The average Bonchev–Trinajstić information content (AvgIpc) is 2.49. The van der Waals surface area contributed by atoms with Crippen LogP contribution >= 0.6 is 0 Å². The molecule has 2 aromatic rings. The van der Waals surface area contributed by atoms with E-state index in [0.717, 1.165) is 23.7 Å². The van der Waals surface area contributed by atoms with E-state index in [0.29, 0.717) is 18.7 Å². The number of para-hydroxylation sites is 1. The zero-order valence-corrected chi connectivity index (χ0v) is 11.7. The van der Waals surface area contributed by atoms with Crippen LogP contribution in [0.15, 0.2) is 36.4 Å². The van der Waals surface area contributed by atoms with Gasteiger partial charge in [-0.1, -0.05) is 30.7 Å². The number of carbonyl (C=O) groups is 2. The molecule has 5 nitrogen and oxygen atoms in total. The Balaban J connectivity index is 1.80. The van der Waals surface area contributed by atoms with Crippen LogP contribution in [-0.2, 0) is 4.79 Å². The summed E-state index contributed by atoms with van der Waals surface area (Å²) in [5, 5.41) is 12.3. The minimum atomic E-state index is -0.778. The number of nitrogens with zero attached hydrogens (tertiary/aromatic N) is 1. The van der Waals surface area contributed by atoms with E-state index < -0.39 is 5.97 Å². The Hall–Kier alpha value is -2.43. The number of aliphatic carboxylic acids is 1. The van der Waals surface area contributed by atoms with E-state index in [-0.39, 0.29) is 12.3 Å². The molecule has 0 unspecified atom stereocenters. The van der Waals surface area contributed by atoms with Crippen LogP contribution in [0.25, 0.3) is 10.9 Å². The summed E-state index contributed by atoms with van der Waals surface area (Å²) in [6.07, 6.45) is 2.38. The first-order valence-electron chi connectivity index (χ1n) is 7.02. The van der Waals surface area contributed by atoms with Crippen LogP contribution in [0.4, 0.5) is 0 Å². The molecule has 110 valence electrons. The Bertz CT molecular complexity index is 640. The van der Waals surface area contributed by atoms with Gasteiger partial charge in [0.1, 0.15) is 5.69 Å². The van der Waals surface area contributed by atoms with Gasteiger partial charge >= 0.3 is 5.97 Å². The molecule has 0 fully saturated rings. The Morgan fingerprint density at radius 3 is 2.67 bits per heavy atom. The number of pyridine rings is 1. The number of rotatable bonds is 7. The molecule has 5 heteroatoms. The lowest BCUT2D eigenvalue weighted by Gasteiger charge is -2.05. The van der Waals surface area contributed by atoms with E-state index in [1.807, 2.05) is 30.3 Å². The molecule has 1 aromatic carbocycles. The van der Waals surface area contributed by atoms with Crippen LogP contribution in [0.5, 0.6) is 0 Å². The Morgan fingerprint density at radius 2 is 1.86 bits per heavy atom. The van der Waals surface area contributed by atoms with Crippen molar-refractivity contribution < 1.29 is 14.7 Å². The number of benzene rings is 1. The van der Waals surface area contributed by atoms with Gasteiger partial charge in [0.25, 0.3) is 5.91 Å². The molecule has 0 spiro atoms. The highest BCUT2D eigenvalue weighted by Gasteiger charge is 2.07. The van der Waals surface area contributed by atoms with E-state index in [1.54, 1.807) is 6.07 Å². The number of carboxylic acids is 1. The summed E-state index contributed by atoms with van der Waals surface area (Å²) in [6.45, 7) is 0.535. The quantitative estimate of drug-likeness (QED) is 0.767. The standard InChI is InChI=1S/C16H18N2O3/c19-15(20)8-2-1-5-11-17-16(21)14-10-9-12-6-3-4-7-13(12)18-14/h3-4,6-7,9-10H,1-2,5,8,11H2,(H,17,21)(H,19,20). The molecule has 0 aliphatic rings. The molecule has 1 aromatic heterocycles. The molecule has 0 radical (unpaired) electrons. The van der Waals surface area contributed by atoms with Crippen LogP contribution in [0.2, 0.25) is 0 Å². The van der Waals surface area contributed by atoms with Gasteiger partial charge in [0.2, 0.25) is 0 Å². The molecular formula is C16H18N2O3. The molecular weight excluding hydrogens is 268 g/mol. The number of hydrogen-bond acceptors (Lipinski definition) is 3. The molecule has 0 saturated heterocycles. The number of carbonyl (C=O) groups excluding carboxylic acids is 1. The summed E-state index contributed by atoms with van der Waals surface area (Å²) in [4.78, 5) is 26.6. The fourth-order valence-electron chi connectivity index (χ4n) is 2.06. The number of nitrogens with one attached hydrogen (secondary N) is 1. The smallest absolute Gasteiger partial charge is 0.303 e. The van der Waals surface area contributed by atoms with Gasteiger partial charge in [0.15, 0.2) is 0 Å². The van der Waals surface area contributed by atoms with Crippen LogP contribution < -0.4 is 5.32 Å². The minimum Gasteiger partial charge on any atom is -0.481 e. The predicted octanol–water partition coefficient (Wildman–Crippen LogP) is 2.61. The van der Waals surface area contributed by atoms with Crippen molar-refractivity contribution in [1.29, 1.82) is 0 Å². The summed E-state index contributed by atoms with van der Waals surface area (Å²) in [6, 6.07) is 11.2. The number of hydrogen-bond donors (Lipinski definition) is 2. The van der Waals surface area contributed by atoms with Crippen molar-refractivity contribution >= 4 is 22.8 Å². The molecule has 0 bridgehead atoms. The third-order valence-corrected chi connectivity index (χ3v) is 3.18. The van der Waals surface area contributed by atoms with Gasteiger partial charge < -0.3 is 10.4 Å². The molecule has 21 heavy (non-hydrogen) atoms. The molecule has 0 atom stereocenters. The topological polar surface area (TPSA) is 79.3 Å². The molecule has 2 rings (SSSR count). The summed E-state index contributed by atoms with van der Waals surface area (Å²) in [7, 11) is 0.